The fraction of sp³-hybridized carbons (Fsp3) is 0. The molecule has 11 rings (SSSR count). The SMILES string of the molecule is [2H]c1c([2H])c(N(c2ccc(-c3cccc4c3sc3ccccc34)cc2)c2c([2H])c([2H])c(-c3cccc4ccccc34)c([2H])c2[2H])c([2H])c([2H])c1-c1cccc(-c2cccc3ccccc23)c1. The summed E-state index contributed by atoms with van der Waals surface area (Å²) in [7, 11) is 0. The first-order valence-corrected chi connectivity index (χ1v) is 20.0. The van der Waals surface area contributed by atoms with Gasteiger partial charge >= 0.3 is 0 Å². The predicted molar refractivity (Wildman–Crippen MR) is 251 cm³/mol. The molecule has 0 N–H and O–H groups in total. The Kier molecular flexibility index (Phi) is 6.57. The quantitative estimate of drug-likeness (QED) is 0.156. The van der Waals surface area contributed by atoms with Crippen molar-refractivity contribution in [2.75, 3.05) is 4.90 Å². The summed E-state index contributed by atoms with van der Waals surface area (Å²) >= 11 is 1.71. The van der Waals surface area contributed by atoms with E-state index in [1.165, 1.54) is 15.0 Å². The Balaban J connectivity index is 1.11. The van der Waals surface area contributed by atoms with Gasteiger partial charge in [0.25, 0.3) is 0 Å². The largest absolute Gasteiger partial charge is 0.311 e. The lowest BCUT2D eigenvalue weighted by molar-refractivity contribution is 1.28. The minimum atomic E-state index is -0.393. The lowest BCUT2D eigenvalue weighted by atomic mass is 9.95. The maximum absolute atomic E-state index is 9.67. The third-order valence-corrected chi connectivity index (χ3v) is 12.0. The summed E-state index contributed by atoms with van der Waals surface area (Å²) in [5.74, 6) is 0. The summed E-state index contributed by atoms with van der Waals surface area (Å²) in [4.78, 5) is 1.37. The Hall–Kier alpha value is -7.26. The van der Waals surface area contributed by atoms with Gasteiger partial charge in [-0.25, -0.2) is 0 Å². The third kappa shape index (κ3) is 6.03. The molecule has 0 saturated heterocycles. The molecule has 272 valence electrons. The van der Waals surface area contributed by atoms with Crippen molar-refractivity contribution in [3.63, 3.8) is 0 Å². The summed E-state index contributed by atoms with van der Waals surface area (Å²) < 4.78 is 78.9. The number of rotatable bonds is 7. The second-order valence-corrected chi connectivity index (χ2v) is 15.3. The molecular formula is C56H37NS. The molecule has 2 heteroatoms. The normalized spacial score (nSPS) is 13.4. The number of hydrogen-bond acceptors (Lipinski definition) is 2. The van der Waals surface area contributed by atoms with Crippen molar-refractivity contribution in [3.05, 3.63) is 224 Å². The molecule has 0 amide bonds. The Bertz CT molecular complexity index is 3700. The third-order valence-electron chi connectivity index (χ3n) is 10.8. The van der Waals surface area contributed by atoms with Gasteiger partial charge in [0.2, 0.25) is 0 Å². The highest BCUT2D eigenvalue weighted by Crippen LogP contribution is 2.42. The van der Waals surface area contributed by atoms with E-state index in [0.717, 1.165) is 53.9 Å². The van der Waals surface area contributed by atoms with Crippen molar-refractivity contribution < 1.29 is 11.0 Å². The molecule has 0 aliphatic heterocycles. The van der Waals surface area contributed by atoms with E-state index in [4.69, 9.17) is 0 Å². The minimum absolute atomic E-state index is 0.105. The van der Waals surface area contributed by atoms with Gasteiger partial charge in [-0.15, -0.1) is 11.3 Å². The minimum Gasteiger partial charge on any atom is -0.311 e. The first kappa shape index (κ1) is 26.6. The second kappa shape index (κ2) is 14.4. The summed E-state index contributed by atoms with van der Waals surface area (Å²) in [5, 5.41) is 6.08. The smallest absolute Gasteiger partial charge is 0.0645 e. The van der Waals surface area contributed by atoms with Gasteiger partial charge in [-0.3, -0.25) is 0 Å². The summed E-state index contributed by atoms with van der Waals surface area (Å²) in [5.41, 5.74) is 4.94. The number of anilines is 3. The number of thiophene rings is 1. The molecule has 11 aromatic rings. The highest BCUT2D eigenvalue weighted by molar-refractivity contribution is 7.26. The lowest BCUT2D eigenvalue weighted by Crippen LogP contribution is -2.09. The zero-order valence-corrected chi connectivity index (χ0v) is 31.9. The van der Waals surface area contributed by atoms with Gasteiger partial charge < -0.3 is 4.90 Å². The van der Waals surface area contributed by atoms with Gasteiger partial charge in [0.05, 0.1) is 11.0 Å². The van der Waals surface area contributed by atoms with Crippen LogP contribution in [0.15, 0.2) is 224 Å². The van der Waals surface area contributed by atoms with E-state index < -0.39 is 12.1 Å². The molecule has 10 aromatic carbocycles. The van der Waals surface area contributed by atoms with Crippen molar-refractivity contribution in [1.29, 1.82) is 0 Å². The van der Waals surface area contributed by atoms with E-state index in [1.54, 1.807) is 35.6 Å². The number of nitrogens with zero attached hydrogens (tertiary/aromatic N) is 1. The average molecular weight is 764 g/mol. The zero-order valence-electron chi connectivity index (χ0n) is 39.1. The maximum atomic E-state index is 9.67. The fourth-order valence-electron chi connectivity index (χ4n) is 8.01. The van der Waals surface area contributed by atoms with Crippen LogP contribution in [0.1, 0.15) is 11.0 Å². The molecule has 0 radical (unpaired) electrons. The molecule has 1 aromatic heterocycles. The Labute approximate surface area is 353 Å². The Morgan fingerprint density at radius 3 is 1.52 bits per heavy atom. The lowest BCUT2D eigenvalue weighted by Gasteiger charge is -2.26. The van der Waals surface area contributed by atoms with Gasteiger partial charge in [0, 0.05) is 37.2 Å². The number of benzene rings is 10. The molecule has 0 saturated carbocycles. The molecule has 0 bridgehead atoms. The fourth-order valence-corrected chi connectivity index (χ4v) is 9.25. The van der Waals surface area contributed by atoms with Crippen LogP contribution in [-0.2, 0) is 0 Å². The van der Waals surface area contributed by atoms with Crippen LogP contribution < -0.4 is 4.90 Å². The van der Waals surface area contributed by atoms with E-state index >= 15 is 0 Å². The Morgan fingerprint density at radius 2 is 0.828 bits per heavy atom. The van der Waals surface area contributed by atoms with Crippen LogP contribution >= 0.6 is 11.3 Å². The molecular weight excluding hydrogens is 719 g/mol. The van der Waals surface area contributed by atoms with E-state index in [0.29, 0.717) is 16.8 Å². The standard InChI is InChI=1S/C56H37NS/c1-3-17-48-39(11-1)13-8-20-50(48)41-27-33-46(34-28-41)57(47-35-29-42(30-36-47)52-22-10-23-54-53-19-5-6-24-55(53)58-56(52)54)45-31-25-38(26-32-45)43-15-7-16-44(37-43)51-21-9-14-40-12-2-4-18-49(40)51/h1-37H/i25D,26D,27D,28D,31D,32D,33D,34D. The van der Waals surface area contributed by atoms with Crippen molar-refractivity contribution >= 4 is 70.1 Å². The van der Waals surface area contributed by atoms with Crippen LogP contribution in [0.5, 0.6) is 0 Å². The predicted octanol–water partition coefficient (Wildman–Crippen LogP) is 16.5. The van der Waals surface area contributed by atoms with Gasteiger partial charge in [-0.2, -0.15) is 0 Å². The van der Waals surface area contributed by atoms with E-state index in [9.17, 15) is 11.0 Å². The highest BCUT2D eigenvalue weighted by atomic mass is 32.1. The average Bonchev–Trinajstić information content (AvgIpc) is 3.74. The highest BCUT2D eigenvalue weighted by Gasteiger charge is 2.16. The number of hydrogen-bond donors (Lipinski definition) is 0. The van der Waals surface area contributed by atoms with E-state index in [-0.39, 0.29) is 58.8 Å². The number of fused-ring (bicyclic) bond motifs is 5. The van der Waals surface area contributed by atoms with Crippen LogP contribution in [0, 0.1) is 0 Å². The van der Waals surface area contributed by atoms with Crippen LogP contribution in [-0.4, -0.2) is 0 Å². The molecule has 1 nitrogen and oxygen atoms in total. The molecule has 0 atom stereocenters. The Morgan fingerprint density at radius 1 is 0.328 bits per heavy atom. The summed E-state index contributed by atoms with van der Waals surface area (Å²) in [6.45, 7) is 0. The van der Waals surface area contributed by atoms with Crippen molar-refractivity contribution in [2.24, 2.45) is 0 Å². The molecule has 0 spiro atoms. The van der Waals surface area contributed by atoms with Crippen LogP contribution in [0.25, 0.3) is 86.2 Å². The van der Waals surface area contributed by atoms with Gasteiger partial charge in [0.1, 0.15) is 0 Å². The van der Waals surface area contributed by atoms with Crippen LogP contribution in [0.3, 0.4) is 0 Å². The van der Waals surface area contributed by atoms with E-state index in [2.05, 4.69) is 24.3 Å². The zero-order chi connectivity index (χ0) is 45.4. The first-order chi connectivity index (χ1) is 32.1. The molecule has 0 unspecified atom stereocenters. The maximum Gasteiger partial charge on any atom is 0.0645 e. The topological polar surface area (TPSA) is 3.24 Å². The van der Waals surface area contributed by atoms with Gasteiger partial charge in [-0.1, -0.05) is 176 Å². The second-order valence-electron chi connectivity index (χ2n) is 14.2. The molecule has 0 fully saturated rings. The monoisotopic (exact) mass is 763 g/mol. The van der Waals surface area contributed by atoms with E-state index in [1.807, 2.05) is 127 Å². The van der Waals surface area contributed by atoms with Crippen LogP contribution in [0.2, 0.25) is 0 Å². The molecule has 0 aliphatic carbocycles. The van der Waals surface area contributed by atoms with Crippen molar-refractivity contribution in [1.82, 2.24) is 0 Å². The molecule has 0 aliphatic rings. The summed E-state index contributed by atoms with van der Waals surface area (Å²) in [6.07, 6.45) is 0. The molecule has 58 heavy (non-hydrogen) atoms. The molecule has 1 heterocycles. The van der Waals surface area contributed by atoms with Gasteiger partial charge in [0.15, 0.2) is 0 Å². The van der Waals surface area contributed by atoms with Crippen LogP contribution in [0.4, 0.5) is 17.1 Å². The first-order valence-electron chi connectivity index (χ1n) is 23.2. The van der Waals surface area contributed by atoms with Gasteiger partial charge in [-0.05, 0) is 114 Å². The van der Waals surface area contributed by atoms with Crippen molar-refractivity contribution in [2.45, 2.75) is 0 Å². The summed E-state index contributed by atoms with van der Waals surface area (Å²) in [6, 6.07) is 53.9. The van der Waals surface area contributed by atoms with Crippen molar-refractivity contribution in [3.8, 4) is 44.5 Å².